The predicted molar refractivity (Wildman–Crippen MR) is 92.8 cm³/mol. The van der Waals surface area contributed by atoms with Crippen LogP contribution in [-0.4, -0.2) is 75.1 Å². The fourth-order valence-corrected chi connectivity index (χ4v) is 2.94. The molecule has 0 amide bonds. The molecule has 0 bridgehead atoms. The Bertz CT molecular complexity index is 549. The summed E-state index contributed by atoms with van der Waals surface area (Å²) in [5, 5.41) is 2.85. The molecule has 5 N–H and O–H groups in total. The third-order valence-electron chi connectivity index (χ3n) is 4.16. The van der Waals surface area contributed by atoms with E-state index in [0.717, 1.165) is 0 Å². The van der Waals surface area contributed by atoms with Gasteiger partial charge in [-0.25, -0.2) is 0 Å². The van der Waals surface area contributed by atoms with Crippen molar-refractivity contribution in [3.8, 4) is 0 Å². The highest BCUT2D eigenvalue weighted by molar-refractivity contribution is 5.39. The van der Waals surface area contributed by atoms with Gasteiger partial charge in [0.2, 0.25) is 23.6 Å². The molecular weight excluding hydrogens is 348 g/mol. The molecule has 26 heavy (non-hydrogen) atoms. The molecule has 1 aromatic heterocycles. The van der Waals surface area contributed by atoms with E-state index in [9.17, 15) is 0 Å². The van der Waals surface area contributed by atoms with E-state index < -0.39 is 17.5 Å². The van der Waals surface area contributed by atoms with E-state index in [1.54, 1.807) is 0 Å². The average molecular weight is 376 g/mol. The van der Waals surface area contributed by atoms with Crippen molar-refractivity contribution in [2.24, 2.45) is 0 Å². The Morgan fingerprint density at radius 1 is 0.769 bits per heavy atom. The molecule has 1 heterocycles. The summed E-state index contributed by atoms with van der Waals surface area (Å²) in [5.74, 6) is -5.28. The van der Waals surface area contributed by atoms with E-state index in [1.165, 1.54) is 42.7 Å². The van der Waals surface area contributed by atoms with Gasteiger partial charge in [-0.15, -0.1) is 0 Å². The lowest BCUT2D eigenvalue weighted by atomic mass is 9.97. The molecule has 1 aromatic rings. The van der Waals surface area contributed by atoms with Gasteiger partial charge in [-0.1, -0.05) is 6.92 Å². The van der Waals surface area contributed by atoms with E-state index >= 15 is 0 Å². The largest absolute Gasteiger partial charge is 0.368 e. The summed E-state index contributed by atoms with van der Waals surface area (Å²) in [7, 11) is 8.38. The number of hydrogen-bond donors (Lipinski definition) is 3. The first kappa shape index (κ1) is 22.2. The molecule has 12 heteroatoms. The van der Waals surface area contributed by atoms with Crippen LogP contribution in [0.1, 0.15) is 13.3 Å². The smallest absolute Gasteiger partial charge is 0.314 e. The summed E-state index contributed by atoms with van der Waals surface area (Å²) in [5.41, 5.74) is 11.2. The first-order valence-corrected chi connectivity index (χ1v) is 7.65. The van der Waals surface area contributed by atoms with Gasteiger partial charge in [0.25, 0.3) is 0 Å². The molecule has 0 aromatic carbocycles. The zero-order chi connectivity index (χ0) is 20.0. The van der Waals surface area contributed by atoms with Gasteiger partial charge in [-0.05, 0) is 0 Å². The van der Waals surface area contributed by atoms with Crippen LogP contribution in [-0.2, 0) is 28.4 Å². The number of hydrogen-bond acceptors (Lipinski definition) is 12. The lowest BCUT2D eigenvalue weighted by Gasteiger charge is -2.53. The Hall–Kier alpha value is -1.83. The van der Waals surface area contributed by atoms with Crippen molar-refractivity contribution in [2.45, 2.75) is 30.8 Å². The summed E-state index contributed by atoms with van der Waals surface area (Å²) >= 11 is 0. The quantitative estimate of drug-likeness (QED) is 0.437. The van der Waals surface area contributed by atoms with Gasteiger partial charge in [-0.3, -0.25) is 5.32 Å². The van der Waals surface area contributed by atoms with Crippen molar-refractivity contribution in [1.29, 1.82) is 0 Å². The van der Waals surface area contributed by atoms with Crippen LogP contribution < -0.4 is 16.8 Å². The number of ether oxygens (including phenoxy) is 6. The monoisotopic (exact) mass is 376 g/mol. The molecule has 0 aliphatic rings. The van der Waals surface area contributed by atoms with Crippen LogP contribution >= 0.6 is 0 Å². The maximum Gasteiger partial charge on any atom is 0.314 e. The number of nitrogens with two attached hydrogens (primary N) is 2. The highest BCUT2D eigenvalue weighted by Crippen LogP contribution is 2.44. The van der Waals surface area contributed by atoms with Crippen LogP contribution in [0.3, 0.4) is 0 Å². The second-order valence-electron chi connectivity index (χ2n) is 5.06. The molecule has 0 spiro atoms. The Morgan fingerprint density at radius 2 is 1.23 bits per heavy atom. The molecular formula is C14H28N6O6. The summed E-state index contributed by atoms with van der Waals surface area (Å²) in [6.07, 6.45) is 0.305. The van der Waals surface area contributed by atoms with E-state index in [4.69, 9.17) is 39.9 Å². The zero-order valence-corrected chi connectivity index (χ0v) is 16.2. The van der Waals surface area contributed by atoms with Crippen LogP contribution in [0.25, 0.3) is 0 Å². The molecule has 12 nitrogen and oxygen atoms in total. The van der Waals surface area contributed by atoms with Crippen molar-refractivity contribution in [3.05, 3.63) is 0 Å². The minimum Gasteiger partial charge on any atom is -0.368 e. The fourth-order valence-electron chi connectivity index (χ4n) is 2.94. The highest BCUT2D eigenvalue weighted by atomic mass is 16.8. The van der Waals surface area contributed by atoms with Crippen molar-refractivity contribution >= 4 is 17.8 Å². The lowest BCUT2D eigenvalue weighted by Crippen LogP contribution is -2.75. The van der Waals surface area contributed by atoms with Gasteiger partial charge in [0, 0.05) is 49.1 Å². The number of rotatable bonds is 11. The van der Waals surface area contributed by atoms with E-state index in [0.29, 0.717) is 6.42 Å². The van der Waals surface area contributed by atoms with Crippen molar-refractivity contribution in [3.63, 3.8) is 0 Å². The van der Waals surface area contributed by atoms with Crippen molar-refractivity contribution in [1.82, 2.24) is 15.0 Å². The molecule has 0 saturated heterocycles. The topological polar surface area (TPSA) is 158 Å². The normalized spacial score (nSPS) is 13.0. The lowest BCUT2D eigenvalue weighted by molar-refractivity contribution is -0.470. The SMILES string of the molecule is CCC(OC)(OC)C(OC)(OC)C(Nc1nc(N)nc(N)n1)(OC)OC. The summed E-state index contributed by atoms with van der Waals surface area (Å²) in [4.78, 5) is 11.7. The minimum absolute atomic E-state index is 0.0330. The Kier molecular flexibility index (Phi) is 7.44. The Labute approximate surface area is 152 Å². The summed E-state index contributed by atoms with van der Waals surface area (Å²) < 4.78 is 33.8. The number of methoxy groups -OCH3 is 6. The van der Waals surface area contributed by atoms with Gasteiger partial charge >= 0.3 is 11.7 Å². The van der Waals surface area contributed by atoms with Gasteiger partial charge in [0.1, 0.15) is 0 Å². The van der Waals surface area contributed by atoms with Crippen molar-refractivity contribution in [2.75, 3.05) is 59.4 Å². The van der Waals surface area contributed by atoms with E-state index in [2.05, 4.69) is 20.3 Å². The Morgan fingerprint density at radius 3 is 1.54 bits per heavy atom. The van der Waals surface area contributed by atoms with Crippen LogP contribution in [0.2, 0.25) is 0 Å². The zero-order valence-electron chi connectivity index (χ0n) is 16.2. The van der Waals surface area contributed by atoms with Gasteiger partial charge in [0.05, 0.1) is 0 Å². The minimum atomic E-state index is -1.83. The third kappa shape index (κ3) is 3.39. The second-order valence-corrected chi connectivity index (χ2v) is 5.06. The van der Waals surface area contributed by atoms with Crippen LogP contribution in [0.5, 0.6) is 0 Å². The molecule has 1 rings (SSSR count). The Balaban J connectivity index is 3.62. The van der Waals surface area contributed by atoms with Crippen molar-refractivity contribution < 1.29 is 28.4 Å². The number of anilines is 3. The standard InChI is InChI=1S/C14H28N6O6/c1-8-12(21-2,22-3)13(23-4,24-5)14(25-6,26-7)20-11-18-9(15)17-10(16)19-11/h8H2,1-7H3,(H5,15,16,17,18,19,20). The fraction of sp³-hybridized carbons (Fsp3) is 0.786. The van der Waals surface area contributed by atoms with Gasteiger partial charge in [0.15, 0.2) is 0 Å². The van der Waals surface area contributed by atoms with E-state index in [-0.39, 0.29) is 17.8 Å². The molecule has 0 unspecified atom stereocenters. The summed E-state index contributed by atoms with van der Waals surface area (Å²) in [6, 6.07) is 0. The first-order chi connectivity index (χ1) is 12.3. The molecule has 0 radical (unpaired) electrons. The van der Waals surface area contributed by atoms with Crippen LogP contribution in [0.4, 0.5) is 17.8 Å². The average Bonchev–Trinajstić information content (AvgIpc) is 2.64. The predicted octanol–water partition coefficient (Wildman–Crippen LogP) is -0.217. The molecule has 0 aliphatic heterocycles. The van der Waals surface area contributed by atoms with Gasteiger partial charge in [-0.2, -0.15) is 15.0 Å². The number of nitrogens with one attached hydrogen (secondary N) is 1. The van der Waals surface area contributed by atoms with Crippen LogP contribution in [0, 0.1) is 0 Å². The maximum absolute atomic E-state index is 5.69. The maximum atomic E-state index is 5.69. The van der Waals surface area contributed by atoms with E-state index in [1.807, 2.05) is 6.92 Å². The molecule has 150 valence electrons. The van der Waals surface area contributed by atoms with Gasteiger partial charge < -0.3 is 39.9 Å². The first-order valence-electron chi connectivity index (χ1n) is 7.65. The third-order valence-corrected chi connectivity index (χ3v) is 4.16. The number of aromatic nitrogens is 3. The second kappa shape index (κ2) is 8.70. The van der Waals surface area contributed by atoms with Crippen LogP contribution in [0.15, 0.2) is 0 Å². The molecule has 0 atom stereocenters. The number of nitrogens with zero attached hydrogens (tertiary/aromatic N) is 3. The highest BCUT2D eigenvalue weighted by Gasteiger charge is 2.69. The molecule has 0 fully saturated rings. The molecule has 0 aliphatic carbocycles. The summed E-state index contributed by atoms with van der Waals surface area (Å²) in [6.45, 7) is 1.81. The molecule has 0 saturated carbocycles. The number of nitrogen functional groups attached to an aromatic ring is 2.